The van der Waals surface area contributed by atoms with Crippen molar-refractivity contribution in [2.75, 3.05) is 39.9 Å². The first-order valence-electron chi connectivity index (χ1n) is 7.27. The average Bonchev–Trinajstić information content (AvgIpc) is 2.91. The van der Waals surface area contributed by atoms with E-state index in [1.807, 2.05) is 18.2 Å². The molecule has 1 aliphatic rings. The lowest BCUT2D eigenvalue weighted by Crippen LogP contribution is -2.31. The van der Waals surface area contributed by atoms with Crippen molar-refractivity contribution in [3.8, 4) is 11.5 Å². The van der Waals surface area contributed by atoms with Gasteiger partial charge in [0, 0.05) is 19.6 Å². The van der Waals surface area contributed by atoms with Gasteiger partial charge in [0.2, 0.25) is 0 Å². The van der Waals surface area contributed by atoms with Gasteiger partial charge in [-0.1, -0.05) is 13.0 Å². The van der Waals surface area contributed by atoms with E-state index in [1.54, 1.807) is 12.0 Å². The monoisotopic (exact) mass is 293 g/mol. The van der Waals surface area contributed by atoms with Gasteiger partial charge in [0.15, 0.2) is 11.5 Å². The standard InChI is InChI=1S/C15H23N3O3/c1-3-16-11-12-4-5-13(14(10-12)20-2)21-9-8-18-7-6-17-15(18)19/h4-5,10,16H,3,6-9,11H2,1-2H3,(H,17,19). The number of hydrogen-bond donors (Lipinski definition) is 2. The van der Waals surface area contributed by atoms with Crippen LogP contribution in [0.3, 0.4) is 0 Å². The maximum Gasteiger partial charge on any atom is 0.317 e. The van der Waals surface area contributed by atoms with Crippen LogP contribution in [0.4, 0.5) is 4.79 Å². The summed E-state index contributed by atoms with van der Waals surface area (Å²) >= 11 is 0. The van der Waals surface area contributed by atoms with Crippen molar-refractivity contribution < 1.29 is 14.3 Å². The zero-order valence-electron chi connectivity index (χ0n) is 12.6. The summed E-state index contributed by atoms with van der Waals surface area (Å²) in [4.78, 5) is 13.2. The number of amides is 2. The molecule has 0 bridgehead atoms. The Hall–Kier alpha value is -1.95. The lowest BCUT2D eigenvalue weighted by atomic mass is 10.2. The molecular formula is C15H23N3O3. The van der Waals surface area contributed by atoms with Crippen molar-refractivity contribution >= 4 is 6.03 Å². The van der Waals surface area contributed by atoms with E-state index in [1.165, 1.54) is 0 Å². The number of nitrogens with zero attached hydrogens (tertiary/aromatic N) is 1. The summed E-state index contributed by atoms with van der Waals surface area (Å²) in [6, 6.07) is 5.88. The molecule has 6 heteroatoms. The second kappa shape index (κ2) is 7.73. The minimum Gasteiger partial charge on any atom is -0.493 e. The van der Waals surface area contributed by atoms with Crippen molar-refractivity contribution in [2.24, 2.45) is 0 Å². The minimum atomic E-state index is -0.0217. The van der Waals surface area contributed by atoms with Crippen LogP contribution >= 0.6 is 0 Å². The SMILES string of the molecule is CCNCc1ccc(OCCN2CCNC2=O)c(OC)c1. The maximum atomic E-state index is 11.4. The Morgan fingerprint density at radius 2 is 2.24 bits per heavy atom. The van der Waals surface area contributed by atoms with Crippen LogP contribution in [0.25, 0.3) is 0 Å². The number of rotatable bonds is 8. The van der Waals surface area contributed by atoms with Gasteiger partial charge < -0.3 is 25.0 Å². The Morgan fingerprint density at radius 3 is 2.90 bits per heavy atom. The van der Waals surface area contributed by atoms with Crippen molar-refractivity contribution in [1.82, 2.24) is 15.5 Å². The third-order valence-corrected chi connectivity index (χ3v) is 3.37. The molecule has 1 saturated heterocycles. The van der Waals surface area contributed by atoms with Crippen LogP contribution in [0.15, 0.2) is 18.2 Å². The molecule has 1 fully saturated rings. The van der Waals surface area contributed by atoms with Gasteiger partial charge >= 0.3 is 6.03 Å². The van der Waals surface area contributed by atoms with Crippen LogP contribution in [0, 0.1) is 0 Å². The number of carbonyl (C=O) groups is 1. The van der Waals surface area contributed by atoms with E-state index in [-0.39, 0.29) is 6.03 Å². The summed E-state index contributed by atoms with van der Waals surface area (Å²) in [7, 11) is 1.63. The largest absolute Gasteiger partial charge is 0.493 e. The summed E-state index contributed by atoms with van der Waals surface area (Å²) in [6.07, 6.45) is 0. The normalized spacial score (nSPS) is 14.2. The Kier molecular flexibility index (Phi) is 5.68. The van der Waals surface area contributed by atoms with Crippen molar-refractivity contribution in [3.05, 3.63) is 23.8 Å². The van der Waals surface area contributed by atoms with Gasteiger partial charge in [0.25, 0.3) is 0 Å². The summed E-state index contributed by atoms with van der Waals surface area (Å²) < 4.78 is 11.1. The maximum absolute atomic E-state index is 11.4. The highest BCUT2D eigenvalue weighted by Crippen LogP contribution is 2.28. The second-order valence-corrected chi connectivity index (χ2v) is 4.83. The molecule has 21 heavy (non-hydrogen) atoms. The Labute approximate surface area is 125 Å². The van der Waals surface area contributed by atoms with Crippen LogP contribution < -0.4 is 20.1 Å². The first kappa shape index (κ1) is 15.4. The molecule has 1 aromatic carbocycles. The summed E-state index contributed by atoms with van der Waals surface area (Å²) in [5, 5.41) is 6.04. The molecule has 0 saturated carbocycles. The third-order valence-electron chi connectivity index (χ3n) is 3.37. The molecule has 0 aliphatic carbocycles. The highest BCUT2D eigenvalue weighted by Gasteiger charge is 2.18. The summed E-state index contributed by atoms with van der Waals surface area (Å²) in [5.41, 5.74) is 1.15. The van der Waals surface area contributed by atoms with Crippen molar-refractivity contribution in [3.63, 3.8) is 0 Å². The van der Waals surface area contributed by atoms with Gasteiger partial charge in [-0.25, -0.2) is 4.79 Å². The van der Waals surface area contributed by atoms with Gasteiger partial charge in [-0.15, -0.1) is 0 Å². The molecule has 1 aromatic rings. The fraction of sp³-hybridized carbons (Fsp3) is 0.533. The quantitative estimate of drug-likeness (QED) is 0.756. The lowest BCUT2D eigenvalue weighted by Gasteiger charge is -2.16. The van der Waals surface area contributed by atoms with Crippen LogP contribution in [-0.4, -0.2) is 50.8 Å². The third kappa shape index (κ3) is 4.26. The molecule has 1 aliphatic heterocycles. The van der Waals surface area contributed by atoms with E-state index in [2.05, 4.69) is 17.6 Å². The molecule has 0 atom stereocenters. The lowest BCUT2D eigenvalue weighted by molar-refractivity contribution is 0.201. The molecule has 0 spiro atoms. The number of ether oxygens (including phenoxy) is 2. The molecule has 6 nitrogen and oxygen atoms in total. The van der Waals surface area contributed by atoms with E-state index in [4.69, 9.17) is 9.47 Å². The molecule has 1 heterocycles. The first-order valence-corrected chi connectivity index (χ1v) is 7.27. The smallest absolute Gasteiger partial charge is 0.317 e. The molecule has 0 unspecified atom stereocenters. The number of benzene rings is 1. The van der Waals surface area contributed by atoms with E-state index in [0.717, 1.165) is 30.9 Å². The van der Waals surface area contributed by atoms with Gasteiger partial charge in [0.1, 0.15) is 6.61 Å². The minimum absolute atomic E-state index is 0.0217. The van der Waals surface area contributed by atoms with Crippen LogP contribution in [0.2, 0.25) is 0 Å². The predicted octanol–water partition coefficient (Wildman–Crippen LogP) is 1.21. The van der Waals surface area contributed by atoms with Crippen molar-refractivity contribution in [1.29, 1.82) is 0 Å². The highest BCUT2D eigenvalue weighted by molar-refractivity contribution is 5.76. The number of nitrogens with one attached hydrogen (secondary N) is 2. The molecule has 0 radical (unpaired) electrons. The predicted molar refractivity (Wildman–Crippen MR) is 80.8 cm³/mol. The van der Waals surface area contributed by atoms with Crippen LogP contribution in [-0.2, 0) is 6.54 Å². The molecule has 2 N–H and O–H groups in total. The number of hydrogen-bond acceptors (Lipinski definition) is 4. The van der Waals surface area contributed by atoms with Crippen LogP contribution in [0.1, 0.15) is 12.5 Å². The number of carbonyl (C=O) groups excluding carboxylic acids is 1. The van der Waals surface area contributed by atoms with Gasteiger partial charge in [-0.2, -0.15) is 0 Å². The van der Waals surface area contributed by atoms with Gasteiger partial charge in [-0.05, 0) is 24.2 Å². The van der Waals surface area contributed by atoms with Gasteiger partial charge in [-0.3, -0.25) is 0 Å². The second-order valence-electron chi connectivity index (χ2n) is 4.83. The van der Waals surface area contributed by atoms with Crippen LogP contribution in [0.5, 0.6) is 11.5 Å². The molecule has 2 amide bonds. The Morgan fingerprint density at radius 1 is 1.38 bits per heavy atom. The van der Waals surface area contributed by atoms with E-state index in [0.29, 0.717) is 25.4 Å². The zero-order chi connectivity index (χ0) is 15.1. The number of methoxy groups -OCH3 is 1. The summed E-state index contributed by atoms with van der Waals surface area (Å²) in [5.74, 6) is 1.42. The zero-order valence-corrected chi connectivity index (χ0v) is 12.6. The Bertz CT molecular complexity index is 479. The average molecular weight is 293 g/mol. The van der Waals surface area contributed by atoms with E-state index < -0.39 is 0 Å². The number of urea groups is 1. The molecular weight excluding hydrogens is 270 g/mol. The topological polar surface area (TPSA) is 62.8 Å². The summed E-state index contributed by atoms with van der Waals surface area (Å²) in [6.45, 7) is 6.29. The van der Waals surface area contributed by atoms with Crippen molar-refractivity contribution in [2.45, 2.75) is 13.5 Å². The van der Waals surface area contributed by atoms with E-state index >= 15 is 0 Å². The molecule has 116 valence electrons. The molecule has 0 aromatic heterocycles. The highest BCUT2D eigenvalue weighted by atomic mass is 16.5. The van der Waals surface area contributed by atoms with Gasteiger partial charge in [0.05, 0.1) is 13.7 Å². The Balaban J connectivity index is 1.88. The van der Waals surface area contributed by atoms with E-state index in [9.17, 15) is 4.79 Å². The fourth-order valence-electron chi connectivity index (χ4n) is 2.20. The first-order chi connectivity index (χ1) is 10.2. The fourth-order valence-corrected chi connectivity index (χ4v) is 2.20. The molecule has 2 rings (SSSR count).